The highest BCUT2D eigenvalue weighted by molar-refractivity contribution is 7.99. The molecule has 1 amide bonds. The molecule has 0 aliphatic rings. The van der Waals surface area contributed by atoms with Crippen LogP contribution in [0.4, 0.5) is 5.69 Å². The van der Waals surface area contributed by atoms with E-state index in [1.807, 2.05) is 63.2 Å². The number of aromatic nitrogens is 4. The Morgan fingerprint density at radius 1 is 1.13 bits per heavy atom. The molecule has 0 radical (unpaired) electrons. The molecule has 2 heterocycles. The Morgan fingerprint density at radius 3 is 2.73 bits per heavy atom. The Labute approximate surface area is 177 Å². The van der Waals surface area contributed by atoms with Gasteiger partial charge in [0.1, 0.15) is 5.39 Å². The average Bonchev–Trinajstić information content (AvgIpc) is 3.18. The fourth-order valence-electron chi connectivity index (χ4n) is 3.11. The van der Waals surface area contributed by atoms with Gasteiger partial charge in [-0.2, -0.15) is 5.10 Å². The Hall–Kier alpha value is -3.39. The lowest BCUT2D eigenvalue weighted by Crippen LogP contribution is -2.22. The first kappa shape index (κ1) is 19.9. The van der Waals surface area contributed by atoms with E-state index in [9.17, 15) is 9.59 Å². The summed E-state index contributed by atoms with van der Waals surface area (Å²) in [6, 6.07) is 13.4. The van der Waals surface area contributed by atoms with Gasteiger partial charge in [-0.3, -0.25) is 19.3 Å². The molecule has 0 unspecified atom stereocenters. The molecule has 2 aromatic carbocycles. The van der Waals surface area contributed by atoms with Crippen LogP contribution in [0.15, 0.2) is 58.6 Å². The smallest absolute Gasteiger partial charge is 0.269 e. The Bertz CT molecular complexity index is 1310. The maximum absolute atomic E-state index is 13.1. The molecule has 0 bridgehead atoms. The van der Waals surface area contributed by atoms with Crippen LogP contribution in [0.1, 0.15) is 16.7 Å². The van der Waals surface area contributed by atoms with Crippen LogP contribution >= 0.6 is 11.8 Å². The first-order valence-corrected chi connectivity index (χ1v) is 10.4. The van der Waals surface area contributed by atoms with Crippen molar-refractivity contribution < 1.29 is 4.79 Å². The zero-order chi connectivity index (χ0) is 21.3. The Morgan fingerprint density at radius 2 is 1.97 bits per heavy atom. The van der Waals surface area contributed by atoms with E-state index in [4.69, 9.17) is 0 Å². The highest BCUT2D eigenvalue weighted by Crippen LogP contribution is 2.22. The maximum Gasteiger partial charge on any atom is 0.269 e. The predicted molar refractivity (Wildman–Crippen MR) is 119 cm³/mol. The quantitative estimate of drug-likeness (QED) is 0.379. The Kier molecular flexibility index (Phi) is 5.41. The number of aromatic amines is 1. The summed E-state index contributed by atoms with van der Waals surface area (Å²) in [4.78, 5) is 30.1. The van der Waals surface area contributed by atoms with Crippen molar-refractivity contribution in [3.05, 3.63) is 75.7 Å². The van der Waals surface area contributed by atoms with Gasteiger partial charge >= 0.3 is 0 Å². The van der Waals surface area contributed by atoms with Gasteiger partial charge < -0.3 is 5.32 Å². The van der Waals surface area contributed by atoms with Crippen molar-refractivity contribution in [2.24, 2.45) is 0 Å². The molecule has 0 spiro atoms. The molecule has 0 saturated carbocycles. The third-order valence-corrected chi connectivity index (χ3v) is 5.77. The Balaban J connectivity index is 1.63. The van der Waals surface area contributed by atoms with Crippen molar-refractivity contribution in [2.45, 2.75) is 25.9 Å². The van der Waals surface area contributed by atoms with E-state index in [0.29, 0.717) is 21.9 Å². The third-order valence-electron chi connectivity index (χ3n) is 4.83. The standard InChI is InChI=1S/C22H21N5O2S/c1-13-5-4-6-17(9-13)27-21(29)18-11-23-26-20(18)25-22(27)30-12-19(28)24-16-8-7-14(2)15(3)10-16/h4-11H,12H2,1-3H3,(H,23,26)(H,24,28). The second-order valence-corrected chi connectivity index (χ2v) is 8.08. The summed E-state index contributed by atoms with van der Waals surface area (Å²) < 4.78 is 1.53. The molecule has 4 rings (SSSR count). The van der Waals surface area contributed by atoms with Gasteiger partial charge in [-0.25, -0.2) is 4.98 Å². The lowest BCUT2D eigenvalue weighted by molar-refractivity contribution is -0.113. The number of anilines is 1. The normalized spacial score (nSPS) is 11.0. The number of amides is 1. The molecule has 2 aromatic heterocycles. The molecule has 7 nitrogen and oxygen atoms in total. The molecule has 152 valence electrons. The van der Waals surface area contributed by atoms with Crippen LogP contribution in [0.25, 0.3) is 16.7 Å². The third kappa shape index (κ3) is 3.99. The second-order valence-electron chi connectivity index (χ2n) is 7.14. The van der Waals surface area contributed by atoms with Gasteiger partial charge in [-0.05, 0) is 61.7 Å². The summed E-state index contributed by atoms with van der Waals surface area (Å²) in [5.41, 5.74) is 4.93. The fraction of sp³-hybridized carbons (Fsp3) is 0.182. The number of fused-ring (bicyclic) bond motifs is 1. The number of hydrogen-bond donors (Lipinski definition) is 2. The lowest BCUT2D eigenvalue weighted by Gasteiger charge is -2.12. The molecule has 0 atom stereocenters. The van der Waals surface area contributed by atoms with E-state index in [-0.39, 0.29) is 17.2 Å². The van der Waals surface area contributed by atoms with Crippen LogP contribution in [0.5, 0.6) is 0 Å². The van der Waals surface area contributed by atoms with Crippen molar-refractivity contribution in [3.8, 4) is 5.69 Å². The highest BCUT2D eigenvalue weighted by Gasteiger charge is 2.16. The minimum Gasteiger partial charge on any atom is -0.325 e. The van der Waals surface area contributed by atoms with E-state index >= 15 is 0 Å². The second kappa shape index (κ2) is 8.16. The molecule has 30 heavy (non-hydrogen) atoms. The average molecular weight is 420 g/mol. The largest absolute Gasteiger partial charge is 0.325 e. The molecular weight excluding hydrogens is 398 g/mol. The lowest BCUT2D eigenvalue weighted by atomic mass is 10.1. The van der Waals surface area contributed by atoms with Crippen molar-refractivity contribution >= 4 is 34.4 Å². The molecule has 0 fully saturated rings. The van der Waals surface area contributed by atoms with Gasteiger partial charge in [0.15, 0.2) is 10.8 Å². The molecule has 8 heteroatoms. The van der Waals surface area contributed by atoms with Gasteiger partial charge in [0.25, 0.3) is 5.56 Å². The van der Waals surface area contributed by atoms with Crippen LogP contribution < -0.4 is 10.9 Å². The highest BCUT2D eigenvalue weighted by atomic mass is 32.2. The van der Waals surface area contributed by atoms with Gasteiger partial charge in [0, 0.05) is 5.69 Å². The minimum atomic E-state index is -0.226. The van der Waals surface area contributed by atoms with E-state index in [0.717, 1.165) is 16.8 Å². The molecule has 2 N–H and O–H groups in total. The number of rotatable bonds is 5. The summed E-state index contributed by atoms with van der Waals surface area (Å²) in [7, 11) is 0. The van der Waals surface area contributed by atoms with E-state index in [1.165, 1.54) is 28.1 Å². The summed E-state index contributed by atoms with van der Waals surface area (Å²) in [5.74, 6) is -0.0526. The zero-order valence-corrected chi connectivity index (χ0v) is 17.7. The summed E-state index contributed by atoms with van der Waals surface area (Å²) in [6.07, 6.45) is 1.47. The molecule has 0 aliphatic carbocycles. The fourth-order valence-corrected chi connectivity index (χ4v) is 3.92. The van der Waals surface area contributed by atoms with E-state index in [2.05, 4.69) is 20.5 Å². The van der Waals surface area contributed by atoms with Crippen molar-refractivity contribution in [1.29, 1.82) is 0 Å². The van der Waals surface area contributed by atoms with Crippen LogP contribution in [-0.4, -0.2) is 31.4 Å². The molecule has 0 saturated heterocycles. The number of carbonyl (C=O) groups excluding carboxylic acids is 1. The van der Waals surface area contributed by atoms with Crippen LogP contribution in [0.3, 0.4) is 0 Å². The van der Waals surface area contributed by atoms with Crippen molar-refractivity contribution in [3.63, 3.8) is 0 Å². The number of hydrogen-bond acceptors (Lipinski definition) is 5. The van der Waals surface area contributed by atoms with E-state index in [1.54, 1.807) is 0 Å². The van der Waals surface area contributed by atoms with E-state index < -0.39 is 0 Å². The van der Waals surface area contributed by atoms with Gasteiger partial charge in [-0.15, -0.1) is 0 Å². The zero-order valence-electron chi connectivity index (χ0n) is 16.9. The predicted octanol–water partition coefficient (Wildman–Crippen LogP) is 3.76. The first-order valence-electron chi connectivity index (χ1n) is 9.45. The summed E-state index contributed by atoms with van der Waals surface area (Å²) >= 11 is 1.21. The molecule has 4 aromatic rings. The summed E-state index contributed by atoms with van der Waals surface area (Å²) in [6.45, 7) is 5.99. The number of nitrogens with zero attached hydrogens (tertiary/aromatic N) is 3. The van der Waals surface area contributed by atoms with Crippen LogP contribution in [0, 0.1) is 20.8 Å². The number of benzene rings is 2. The van der Waals surface area contributed by atoms with Crippen LogP contribution in [0.2, 0.25) is 0 Å². The number of nitrogens with one attached hydrogen (secondary N) is 2. The van der Waals surface area contributed by atoms with Gasteiger partial charge in [-0.1, -0.05) is 30.0 Å². The SMILES string of the molecule is Cc1cccc(-n2c(SCC(=O)Nc3ccc(C)c(C)c3)nc3[nH]ncc3c2=O)c1. The number of thioether (sulfide) groups is 1. The number of H-pyrrole nitrogens is 1. The maximum atomic E-state index is 13.1. The number of aryl methyl sites for hydroxylation is 3. The van der Waals surface area contributed by atoms with Crippen molar-refractivity contribution in [1.82, 2.24) is 19.7 Å². The van der Waals surface area contributed by atoms with Crippen molar-refractivity contribution in [2.75, 3.05) is 11.1 Å². The van der Waals surface area contributed by atoms with Crippen LogP contribution in [-0.2, 0) is 4.79 Å². The number of carbonyl (C=O) groups is 1. The van der Waals surface area contributed by atoms with Gasteiger partial charge in [0.05, 0.1) is 17.6 Å². The van der Waals surface area contributed by atoms with Gasteiger partial charge in [0.2, 0.25) is 5.91 Å². The molecule has 0 aliphatic heterocycles. The summed E-state index contributed by atoms with van der Waals surface area (Å²) in [5, 5.41) is 10.4. The minimum absolute atomic E-state index is 0.116. The topological polar surface area (TPSA) is 92.7 Å². The first-order chi connectivity index (χ1) is 14.4. The molecular formula is C22H21N5O2S. The monoisotopic (exact) mass is 419 g/mol.